The van der Waals surface area contributed by atoms with Gasteiger partial charge in [0.15, 0.2) is 0 Å². The Kier molecular flexibility index (Phi) is 6.50. The van der Waals surface area contributed by atoms with Gasteiger partial charge < -0.3 is 9.80 Å². The maximum Gasteiger partial charge on any atom is 0.225 e. The summed E-state index contributed by atoms with van der Waals surface area (Å²) < 4.78 is 0. The molecule has 0 radical (unpaired) electrons. The van der Waals surface area contributed by atoms with Gasteiger partial charge in [-0.1, -0.05) is 42.5 Å². The molecule has 1 amide bonds. The third-order valence-electron chi connectivity index (χ3n) is 7.12. The number of halogens is 1. The van der Waals surface area contributed by atoms with E-state index in [0.717, 1.165) is 44.8 Å². The van der Waals surface area contributed by atoms with E-state index in [-0.39, 0.29) is 12.4 Å². The summed E-state index contributed by atoms with van der Waals surface area (Å²) >= 11 is 0. The van der Waals surface area contributed by atoms with Crippen LogP contribution in [-0.2, 0) is 24.2 Å². The Morgan fingerprint density at radius 1 is 0.967 bits per heavy atom. The van der Waals surface area contributed by atoms with Crippen LogP contribution in [0.3, 0.4) is 0 Å². The van der Waals surface area contributed by atoms with Gasteiger partial charge in [-0.15, -0.1) is 12.4 Å². The summed E-state index contributed by atoms with van der Waals surface area (Å²) in [7, 11) is 0. The highest BCUT2D eigenvalue weighted by atomic mass is 35.5. The molecular formula is C26H33ClN2O. The van der Waals surface area contributed by atoms with Crippen LogP contribution in [0.4, 0.5) is 0 Å². The molecule has 2 aliphatic heterocycles. The lowest BCUT2D eigenvalue weighted by Crippen LogP contribution is -2.36. The van der Waals surface area contributed by atoms with E-state index in [9.17, 15) is 4.79 Å². The molecule has 0 N–H and O–H groups in total. The van der Waals surface area contributed by atoms with Crippen molar-refractivity contribution in [3.8, 4) is 11.1 Å². The normalized spacial score (nSPS) is 21.2. The van der Waals surface area contributed by atoms with E-state index in [0.29, 0.717) is 11.8 Å². The average molecular weight is 425 g/mol. The van der Waals surface area contributed by atoms with Gasteiger partial charge in [0.1, 0.15) is 0 Å². The first-order valence-electron chi connectivity index (χ1n) is 11.4. The summed E-state index contributed by atoms with van der Waals surface area (Å²) in [4.78, 5) is 17.1. The van der Waals surface area contributed by atoms with Crippen LogP contribution in [0.25, 0.3) is 11.1 Å². The lowest BCUT2D eigenvalue weighted by Gasteiger charge is -2.29. The van der Waals surface area contributed by atoms with E-state index in [1.165, 1.54) is 53.7 Å². The molecule has 160 valence electrons. The molecular weight excluding hydrogens is 392 g/mol. The van der Waals surface area contributed by atoms with E-state index in [4.69, 9.17) is 0 Å². The molecule has 1 saturated heterocycles. The van der Waals surface area contributed by atoms with Crippen molar-refractivity contribution in [2.45, 2.75) is 58.0 Å². The summed E-state index contributed by atoms with van der Waals surface area (Å²) in [6, 6.07) is 16.7. The number of fused-ring (bicyclic) bond motifs is 1. The minimum absolute atomic E-state index is 0. The van der Waals surface area contributed by atoms with E-state index in [1.807, 2.05) is 0 Å². The Morgan fingerprint density at radius 3 is 2.43 bits per heavy atom. The molecule has 0 spiro atoms. The third-order valence-corrected chi connectivity index (χ3v) is 7.12. The second kappa shape index (κ2) is 9.11. The monoisotopic (exact) mass is 424 g/mol. The Balaban J connectivity index is 0.00000218. The number of hydrogen-bond donors (Lipinski definition) is 0. The summed E-state index contributed by atoms with van der Waals surface area (Å²) in [5.41, 5.74) is 6.76. The van der Waals surface area contributed by atoms with Crippen LogP contribution in [0.15, 0.2) is 42.5 Å². The van der Waals surface area contributed by atoms with Gasteiger partial charge in [0, 0.05) is 31.6 Å². The fraction of sp³-hybridized carbons (Fsp3) is 0.500. The van der Waals surface area contributed by atoms with Gasteiger partial charge in [-0.05, 0) is 79.8 Å². The molecule has 0 unspecified atom stereocenters. The predicted octanol–water partition coefficient (Wildman–Crippen LogP) is 5.10. The molecule has 2 heterocycles. The molecule has 3 nitrogen and oxygen atoms in total. The van der Waals surface area contributed by atoms with Crippen molar-refractivity contribution in [3.63, 3.8) is 0 Å². The number of carbonyl (C=O) groups is 1. The first kappa shape index (κ1) is 21.4. The van der Waals surface area contributed by atoms with Gasteiger partial charge in [0.2, 0.25) is 5.91 Å². The van der Waals surface area contributed by atoms with Crippen molar-refractivity contribution in [1.82, 2.24) is 9.80 Å². The fourth-order valence-electron chi connectivity index (χ4n) is 4.97. The zero-order valence-electron chi connectivity index (χ0n) is 18.0. The van der Waals surface area contributed by atoms with Crippen molar-refractivity contribution < 1.29 is 4.79 Å². The molecule has 30 heavy (non-hydrogen) atoms. The second-order valence-electron chi connectivity index (χ2n) is 9.24. The second-order valence-corrected chi connectivity index (χ2v) is 9.24. The quantitative estimate of drug-likeness (QED) is 0.666. The van der Waals surface area contributed by atoms with Gasteiger partial charge in [0.25, 0.3) is 0 Å². The number of rotatable bonds is 5. The maximum absolute atomic E-state index is 12.4. The largest absolute Gasteiger partial charge is 0.338 e. The molecule has 2 aromatic carbocycles. The van der Waals surface area contributed by atoms with Crippen LogP contribution in [0.1, 0.15) is 49.3 Å². The fourth-order valence-corrected chi connectivity index (χ4v) is 4.97. The lowest BCUT2D eigenvalue weighted by atomic mass is 9.94. The zero-order chi connectivity index (χ0) is 19.8. The summed E-state index contributed by atoms with van der Waals surface area (Å²) in [6.07, 6.45) is 7.00. The molecule has 1 atom stereocenters. The minimum atomic E-state index is 0. The van der Waals surface area contributed by atoms with Gasteiger partial charge in [0.05, 0.1) is 0 Å². The smallest absolute Gasteiger partial charge is 0.225 e. The van der Waals surface area contributed by atoms with Crippen LogP contribution in [0, 0.1) is 5.92 Å². The van der Waals surface area contributed by atoms with Crippen LogP contribution in [0.2, 0.25) is 0 Å². The number of likely N-dealkylation sites (tertiary alicyclic amines) is 1. The Bertz CT molecular complexity index is 890. The number of nitrogens with zero attached hydrogens (tertiary/aromatic N) is 2. The Hall–Kier alpha value is -1.84. The van der Waals surface area contributed by atoms with Crippen molar-refractivity contribution in [2.24, 2.45) is 5.92 Å². The number of carbonyl (C=O) groups excluding carboxylic acids is 1. The van der Waals surface area contributed by atoms with Gasteiger partial charge in [-0.25, -0.2) is 0 Å². The van der Waals surface area contributed by atoms with Crippen molar-refractivity contribution >= 4 is 18.3 Å². The first-order valence-corrected chi connectivity index (χ1v) is 11.4. The van der Waals surface area contributed by atoms with Crippen molar-refractivity contribution in [2.75, 3.05) is 19.6 Å². The summed E-state index contributed by atoms with van der Waals surface area (Å²) in [6.45, 7) is 6.46. The van der Waals surface area contributed by atoms with E-state index >= 15 is 0 Å². The molecule has 5 rings (SSSR count). The molecule has 4 heteroatoms. The van der Waals surface area contributed by atoms with Crippen molar-refractivity contribution in [3.05, 3.63) is 59.2 Å². The Morgan fingerprint density at radius 2 is 1.73 bits per heavy atom. The summed E-state index contributed by atoms with van der Waals surface area (Å²) in [5, 5.41) is 0. The van der Waals surface area contributed by atoms with E-state index in [1.54, 1.807) is 0 Å². The zero-order valence-corrected chi connectivity index (χ0v) is 18.8. The highest BCUT2D eigenvalue weighted by Crippen LogP contribution is 2.33. The molecule has 0 bridgehead atoms. The minimum Gasteiger partial charge on any atom is -0.338 e. The van der Waals surface area contributed by atoms with Crippen LogP contribution in [0.5, 0.6) is 0 Å². The molecule has 2 fully saturated rings. The topological polar surface area (TPSA) is 23.6 Å². The average Bonchev–Trinajstić information content (AvgIpc) is 3.53. The standard InChI is InChI=1S/C26H32N2O.ClH/c1-19-3-2-14-27(19)15-12-20-4-6-21(7-5-20)23-10-11-25-18-28(16-13-24(25)17-23)26(29)22-8-9-22;/h4-7,10-11,17,19,22H,2-3,8-9,12-16,18H2,1H3;1H/t19-;/m1./s1. The molecule has 0 aromatic heterocycles. The SMILES string of the molecule is C[C@@H]1CCCN1CCc1ccc(-c2ccc3c(c2)CCN(C(=O)C2CC2)C3)cc1.Cl. The third kappa shape index (κ3) is 4.58. The van der Waals surface area contributed by atoms with Crippen molar-refractivity contribution in [1.29, 1.82) is 0 Å². The Labute approximate surface area is 186 Å². The molecule has 1 aliphatic carbocycles. The van der Waals surface area contributed by atoms with Gasteiger partial charge in [-0.3, -0.25) is 4.79 Å². The number of benzene rings is 2. The molecule has 1 saturated carbocycles. The number of hydrogen-bond acceptors (Lipinski definition) is 2. The summed E-state index contributed by atoms with van der Waals surface area (Å²) in [5.74, 6) is 0.696. The van der Waals surface area contributed by atoms with E-state index in [2.05, 4.69) is 59.2 Å². The highest BCUT2D eigenvalue weighted by molar-refractivity contribution is 5.85. The maximum atomic E-state index is 12.4. The predicted molar refractivity (Wildman–Crippen MR) is 125 cm³/mol. The van der Waals surface area contributed by atoms with Crippen LogP contribution < -0.4 is 0 Å². The van der Waals surface area contributed by atoms with Crippen LogP contribution >= 0.6 is 12.4 Å². The molecule has 2 aromatic rings. The first-order chi connectivity index (χ1) is 14.2. The molecule has 3 aliphatic rings. The van der Waals surface area contributed by atoms with Crippen LogP contribution in [-0.4, -0.2) is 41.4 Å². The van der Waals surface area contributed by atoms with E-state index < -0.39 is 0 Å². The van der Waals surface area contributed by atoms with Gasteiger partial charge in [-0.2, -0.15) is 0 Å². The highest BCUT2D eigenvalue weighted by Gasteiger charge is 2.34. The van der Waals surface area contributed by atoms with Gasteiger partial charge >= 0.3 is 0 Å². The lowest BCUT2D eigenvalue weighted by molar-refractivity contribution is -0.133. The number of amides is 1.